The third kappa shape index (κ3) is 23.8. The van der Waals surface area contributed by atoms with E-state index in [1.165, 1.54) is 0 Å². The van der Waals surface area contributed by atoms with Crippen molar-refractivity contribution in [3.8, 4) is 0 Å². The van der Waals surface area contributed by atoms with E-state index in [1.807, 2.05) is 0 Å². The van der Waals surface area contributed by atoms with Gasteiger partial charge in [0.2, 0.25) is 0 Å². The van der Waals surface area contributed by atoms with Crippen molar-refractivity contribution < 1.29 is 73.5 Å². The van der Waals surface area contributed by atoms with Crippen LogP contribution in [0.5, 0.6) is 0 Å². The molecule has 0 bridgehead atoms. The van der Waals surface area contributed by atoms with E-state index >= 15 is 0 Å². The first kappa shape index (κ1) is 47.7. The summed E-state index contributed by atoms with van der Waals surface area (Å²) in [4.78, 5) is 0. The van der Waals surface area contributed by atoms with E-state index in [0.29, 0.717) is 0 Å². The van der Waals surface area contributed by atoms with Gasteiger partial charge in [0.15, 0.2) is 0 Å². The summed E-state index contributed by atoms with van der Waals surface area (Å²) in [5, 5.41) is 0. The second-order valence-corrected chi connectivity index (χ2v) is 0. The van der Waals surface area contributed by atoms with Gasteiger partial charge in [0.1, 0.15) is 0 Å². The second kappa shape index (κ2) is 34.4. The van der Waals surface area contributed by atoms with Gasteiger partial charge >= 0.3 is 65.0 Å². The molecule has 0 atom stereocenters. The molecule has 0 aromatic rings. The van der Waals surface area contributed by atoms with Gasteiger partial charge in [-0.1, -0.05) is 0 Å². The molecule has 6 heavy (non-hydrogen) atoms. The molecule has 0 spiro atoms. The van der Waals surface area contributed by atoms with Gasteiger partial charge in [-0.25, -0.2) is 0 Å². The average Bonchev–Trinajstić information content (AvgIpc) is 0. The topological polar surface area (TPSA) is 0 Å². The van der Waals surface area contributed by atoms with Gasteiger partial charge in [0, 0.05) is 70.7 Å². The number of hydrogen-bond donors (Lipinski definition) is 0. The average molecular weight is 491 g/mol. The van der Waals surface area contributed by atoms with E-state index in [4.69, 9.17) is 0 Å². The van der Waals surface area contributed by atoms with Crippen molar-refractivity contribution in [2.75, 3.05) is 0 Å². The zero-order chi connectivity index (χ0) is 0. The van der Waals surface area contributed by atoms with Gasteiger partial charge in [-0.3, -0.25) is 0 Å². The van der Waals surface area contributed by atoms with Gasteiger partial charge in [0.05, 0.1) is 0 Å². The summed E-state index contributed by atoms with van der Waals surface area (Å²) in [5.41, 5.74) is 0. The molecule has 0 amide bonds. The van der Waals surface area contributed by atoms with Crippen LogP contribution in [0.15, 0.2) is 0 Å². The Labute approximate surface area is 135 Å². The zero-order valence-corrected chi connectivity index (χ0v) is 17.1. The van der Waals surface area contributed by atoms with Crippen LogP contribution in [-0.2, 0) is 70.7 Å². The minimum absolute atomic E-state index is 0. The number of rotatable bonds is 0. The smallest absolute Gasteiger partial charge is 0 e. The van der Waals surface area contributed by atoms with E-state index in [9.17, 15) is 0 Å². The normalized spacial score (nSPS) is 0. The maximum absolute atomic E-state index is 0. The van der Waals surface area contributed by atoms with E-state index in [1.54, 1.807) is 0 Å². The summed E-state index contributed by atoms with van der Waals surface area (Å²) in [6.07, 6.45) is 0. The van der Waals surface area contributed by atoms with Crippen molar-refractivity contribution in [2.45, 2.75) is 0 Å². The van der Waals surface area contributed by atoms with Gasteiger partial charge in [-0.05, 0) is 0 Å². The fourth-order valence-corrected chi connectivity index (χ4v) is 0. The standard InChI is InChI=1S/Ca.Cu.Fe.Mn.Pb.Zn.4H/q+2;;;;;;;;2*-1. The van der Waals surface area contributed by atoms with Gasteiger partial charge < -0.3 is 2.85 Å². The van der Waals surface area contributed by atoms with Crippen LogP contribution >= 0.6 is 0 Å². The second-order valence-electron chi connectivity index (χ2n) is 0. The molecule has 6 heteroatoms. The minimum Gasteiger partial charge on any atom is 0 e. The van der Waals surface area contributed by atoms with Crippen LogP contribution in [0.4, 0.5) is 0 Å². The molecule has 0 nitrogen and oxygen atoms in total. The summed E-state index contributed by atoms with van der Waals surface area (Å²) in [6.45, 7) is 0. The van der Waals surface area contributed by atoms with Crippen molar-refractivity contribution in [1.82, 2.24) is 0 Å². The largest absolute Gasteiger partial charge is 0 e. The minimum atomic E-state index is 0. The summed E-state index contributed by atoms with van der Waals surface area (Å²) in [5.74, 6) is 0. The maximum Gasteiger partial charge on any atom is 0 e. The molecule has 0 aliphatic rings. The molecule has 0 N–H and O–H groups in total. The molecule has 0 aliphatic carbocycles. The third-order valence-corrected chi connectivity index (χ3v) is 0. The Hall–Kier alpha value is 4.36. The first-order chi connectivity index (χ1) is 0. The predicted octanol–water partition coefficient (Wildman–Crippen LogP) is -1.08. The molecule has 0 unspecified atom stereocenters. The van der Waals surface area contributed by atoms with Crippen molar-refractivity contribution >= 4 is 65.0 Å². The molecule has 0 saturated carbocycles. The molecule has 0 heterocycles. The Balaban J connectivity index is 0. The van der Waals surface area contributed by atoms with Crippen LogP contribution in [0.2, 0.25) is 0 Å². The summed E-state index contributed by atoms with van der Waals surface area (Å²) in [7, 11) is 0. The first-order valence-corrected chi connectivity index (χ1v) is 0. The molecule has 0 rings (SSSR count). The van der Waals surface area contributed by atoms with Crippen LogP contribution in [0.3, 0.4) is 0 Å². The zero-order valence-electron chi connectivity index (χ0n) is 5.15. The molecule has 0 aromatic carbocycles. The molecule has 38 valence electrons. The first-order valence-electron chi connectivity index (χ1n) is 0. The summed E-state index contributed by atoms with van der Waals surface area (Å²) in [6, 6.07) is 0. The third-order valence-electron chi connectivity index (χ3n) is 0. The van der Waals surface area contributed by atoms with Crippen molar-refractivity contribution in [2.24, 2.45) is 0 Å². The molecule has 0 aliphatic heterocycles. The van der Waals surface area contributed by atoms with Crippen molar-refractivity contribution in [3.05, 3.63) is 0 Å². The predicted molar refractivity (Wildman–Crippen MR) is 16.5 cm³/mol. The van der Waals surface area contributed by atoms with E-state index in [2.05, 4.69) is 0 Å². The molecule has 0 fully saturated rings. The molecule has 0 saturated heterocycles. The van der Waals surface area contributed by atoms with Gasteiger partial charge in [0.25, 0.3) is 0 Å². The summed E-state index contributed by atoms with van der Waals surface area (Å²) >= 11 is 0. The quantitative estimate of drug-likeness (QED) is 0.379. The van der Waals surface area contributed by atoms with Crippen LogP contribution in [0, 0.1) is 0 Å². The Kier molecular flexibility index (Phi) is 274. The fraction of sp³-hybridized carbons (Fsp3) is 0. The summed E-state index contributed by atoms with van der Waals surface area (Å²) < 4.78 is 0. The van der Waals surface area contributed by atoms with Crippen LogP contribution < -0.4 is 0 Å². The van der Waals surface area contributed by atoms with Gasteiger partial charge in [-0.2, -0.15) is 0 Å². The van der Waals surface area contributed by atoms with Gasteiger partial charge in [-0.15, -0.1) is 0 Å². The molecule has 0 aromatic heterocycles. The molecular formula is H4CaCuFeMnPbZn. The van der Waals surface area contributed by atoms with Crippen molar-refractivity contribution in [3.63, 3.8) is 0 Å². The van der Waals surface area contributed by atoms with Crippen molar-refractivity contribution in [1.29, 1.82) is 0 Å². The number of hydrogen-bond acceptors (Lipinski definition) is 0. The van der Waals surface area contributed by atoms with Crippen LogP contribution in [0.25, 0.3) is 0 Å². The van der Waals surface area contributed by atoms with E-state index in [-0.39, 0.29) is 139 Å². The Morgan fingerprint density at radius 3 is 1.17 bits per heavy atom. The van der Waals surface area contributed by atoms with E-state index < -0.39 is 0 Å². The maximum atomic E-state index is 0. The molecular weight excluding hydrogens is 487 g/mol. The van der Waals surface area contributed by atoms with E-state index in [0.717, 1.165) is 0 Å². The SMILES string of the molecule is [Ca+2].[Cu].[Fe].[H-].[H-].[Mn].[PbH2].[Zn]. The Morgan fingerprint density at radius 2 is 1.17 bits per heavy atom. The monoisotopic (exact) mass is 490 g/mol. The van der Waals surface area contributed by atoms with Crippen LogP contribution in [-0.4, -0.2) is 65.0 Å². The van der Waals surface area contributed by atoms with Crippen LogP contribution in [0.1, 0.15) is 2.85 Å². The Morgan fingerprint density at radius 1 is 1.17 bits per heavy atom. The Bertz CT molecular complexity index is 22.0. The fourth-order valence-electron chi connectivity index (χ4n) is 0. The molecule has 4 radical (unpaired) electrons.